The Morgan fingerprint density at radius 2 is 1.80 bits per heavy atom. The van der Waals surface area contributed by atoms with Crippen LogP contribution in [0.1, 0.15) is 44.6 Å². The fourth-order valence-corrected chi connectivity index (χ4v) is 4.72. The van der Waals surface area contributed by atoms with E-state index in [2.05, 4.69) is 24.3 Å². The summed E-state index contributed by atoms with van der Waals surface area (Å²) < 4.78 is -0.0732. The Morgan fingerprint density at radius 1 is 1.15 bits per heavy atom. The third-order valence-corrected chi connectivity index (χ3v) is 6.14. The average Bonchev–Trinajstić information content (AvgIpc) is 2.53. The molecule has 0 aliphatic heterocycles. The van der Waals surface area contributed by atoms with E-state index in [-0.39, 0.29) is 17.3 Å². The Hall–Kier alpha value is -0.510. The molecule has 1 aromatic rings. The molecule has 2 N–H and O–H groups in total. The molecule has 2 rings (SSSR count). The van der Waals surface area contributed by atoms with E-state index in [1.165, 1.54) is 24.8 Å². The molecule has 2 atom stereocenters. The minimum absolute atomic E-state index is 0.0450. The van der Waals surface area contributed by atoms with Gasteiger partial charge in [-0.3, -0.25) is 0 Å². The van der Waals surface area contributed by atoms with Crippen molar-refractivity contribution in [1.82, 2.24) is 0 Å². The van der Waals surface area contributed by atoms with Crippen LogP contribution in [0.4, 0.5) is 0 Å². The Bertz CT molecular complexity index is 387. The zero-order valence-corrected chi connectivity index (χ0v) is 13.1. The number of hydrogen-bond donors (Lipinski definition) is 2. The zero-order valence-electron chi connectivity index (χ0n) is 12.3. The van der Waals surface area contributed by atoms with Crippen LogP contribution in [0.5, 0.6) is 0 Å². The molecule has 2 nitrogen and oxygen atoms in total. The predicted molar refractivity (Wildman–Crippen MR) is 85.8 cm³/mol. The van der Waals surface area contributed by atoms with Crippen LogP contribution in [0.2, 0.25) is 0 Å². The van der Waals surface area contributed by atoms with Crippen molar-refractivity contribution in [3.63, 3.8) is 0 Å². The van der Waals surface area contributed by atoms with Gasteiger partial charge in [-0.05, 0) is 18.4 Å². The first-order valence-electron chi connectivity index (χ1n) is 7.65. The summed E-state index contributed by atoms with van der Waals surface area (Å²) >= 11 is 1.89. The smallest absolute Gasteiger partial charge is 0.0734 e. The highest BCUT2D eigenvalue weighted by Crippen LogP contribution is 2.45. The molecular weight excluding hydrogens is 268 g/mol. The maximum Gasteiger partial charge on any atom is 0.0734 e. The summed E-state index contributed by atoms with van der Waals surface area (Å²) in [6.07, 6.45) is 5.37. The van der Waals surface area contributed by atoms with E-state index < -0.39 is 6.10 Å². The lowest BCUT2D eigenvalue weighted by atomic mass is 9.80. The van der Waals surface area contributed by atoms with Gasteiger partial charge in [0.2, 0.25) is 0 Å². The minimum atomic E-state index is -0.415. The van der Waals surface area contributed by atoms with Gasteiger partial charge >= 0.3 is 0 Å². The summed E-state index contributed by atoms with van der Waals surface area (Å²) in [6, 6.07) is 10.5. The molecule has 3 heteroatoms. The lowest BCUT2D eigenvalue weighted by Gasteiger charge is -2.42. The highest BCUT2D eigenvalue weighted by molar-refractivity contribution is 8.00. The first-order chi connectivity index (χ1) is 9.68. The molecule has 1 aromatic carbocycles. The first kappa shape index (κ1) is 15.9. The summed E-state index contributed by atoms with van der Waals surface area (Å²) in [5.74, 6) is 0.895. The van der Waals surface area contributed by atoms with Crippen molar-refractivity contribution >= 4 is 11.8 Å². The van der Waals surface area contributed by atoms with Crippen LogP contribution < -0.4 is 0 Å². The van der Waals surface area contributed by atoms with Crippen molar-refractivity contribution in [3.05, 3.63) is 35.9 Å². The van der Waals surface area contributed by atoms with E-state index >= 15 is 0 Å². The highest BCUT2D eigenvalue weighted by atomic mass is 32.2. The van der Waals surface area contributed by atoms with Gasteiger partial charge in [-0.1, -0.05) is 56.5 Å². The van der Waals surface area contributed by atoms with Crippen molar-refractivity contribution in [3.8, 4) is 0 Å². The standard InChI is InChI=1S/C17H26O2S/c1-14(12-18)16(19)17(10-6-3-7-11-17)20-13-15-8-4-2-5-9-15/h2,4-5,8-9,14,16,18-19H,3,6-7,10-13H2,1H3/t14-,16-/m0/s1. The van der Waals surface area contributed by atoms with E-state index in [0.29, 0.717) is 0 Å². The predicted octanol–water partition coefficient (Wildman–Crippen LogP) is 3.61. The molecule has 0 heterocycles. The van der Waals surface area contributed by atoms with Gasteiger partial charge in [-0.2, -0.15) is 0 Å². The fraction of sp³-hybridized carbons (Fsp3) is 0.647. The van der Waals surface area contributed by atoms with E-state index in [4.69, 9.17) is 0 Å². The summed E-state index contributed by atoms with van der Waals surface area (Å²) in [4.78, 5) is 0. The molecule has 20 heavy (non-hydrogen) atoms. The Balaban J connectivity index is 2.06. The van der Waals surface area contributed by atoms with E-state index in [1.54, 1.807) is 0 Å². The first-order valence-corrected chi connectivity index (χ1v) is 8.63. The number of benzene rings is 1. The maximum absolute atomic E-state index is 10.7. The van der Waals surface area contributed by atoms with Gasteiger partial charge < -0.3 is 10.2 Å². The topological polar surface area (TPSA) is 40.5 Å². The van der Waals surface area contributed by atoms with Crippen LogP contribution in [0, 0.1) is 5.92 Å². The molecule has 112 valence electrons. The summed E-state index contributed by atoms with van der Waals surface area (Å²) in [7, 11) is 0. The van der Waals surface area contributed by atoms with E-state index in [9.17, 15) is 10.2 Å². The SMILES string of the molecule is C[C@@H](CO)[C@H](O)C1(SCc2ccccc2)CCCCC1. The average molecular weight is 294 g/mol. The highest BCUT2D eigenvalue weighted by Gasteiger charge is 2.41. The monoisotopic (exact) mass is 294 g/mol. The third-order valence-electron chi connectivity index (χ3n) is 4.44. The number of aliphatic hydroxyl groups excluding tert-OH is 2. The zero-order chi connectivity index (χ0) is 14.4. The number of hydrogen-bond acceptors (Lipinski definition) is 3. The van der Waals surface area contributed by atoms with Crippen molar-refractivity contribution in [2.24, 2.45) is 5.92 Å². The van der Waals surface area contributed by atoms with Gasteiger partial charge in [0.15, 0.2) is 0 Å². The summed E-state index contributed by atoms with van der Waals surface area (Å²) in [5.41, 5.74) is 1.31. The van der Waals surface area contributed by atoms with Crippen molar-refractivity contribution in [2.45, 2.75) is 55.6 Å². The number of thioether (sulfide) groups is 1. The van der Waals surface area contributed by atoms with Gasteiger partial charge in [-0.15, -0.1) is 11.8 Å². The second-order valence-corrected chi connectivity index (χ2v) is 7.39. The van der Waals surface area contributed by atoms with Crippen LogP contribution in [0.25, 0.3) is 0 Å². The summed E-state index contributed by atoms with van der Waals surface area (Å²) in [6.45, 7) is 2.01. The molecule has 0 radical (unpaired) electrons. The Kier molecular flexibility index (Phi) is 5.94. The van der Waals surface area contributed by atoms with Crippen molar-refractivity contribution < 1.29 is 10.2 Å². The molecule has 1 fully saturated rings. The lowest BCUT2D eigenvalue weighted by molar-refractivity contribution is 0.0332. The minimum Gasteiger partial charge on any atom is -0.396 e. The largest absolute Gasteiger partial charge is 0.396 e. The Labute approximate surface area is 126 Å². The number of aliphatic hydroxyl groups is 2. The van der Waals surface area contributed by atoms with Gasteiger partial charge in [-0.25, -0.2) is 0 Å². The molecule has 1 aliphatic rings. The van der Waals surface area contributed by atoms with Crippen molar-refractivity contribution in [2.75, 3.05) is 6.61 Å². The van der Waals surface area contributed by atoms with Crippen LogP contribution in [-0.2, 0) is 5.75 Å². The lowest BCUT2D eigenvalue weighted by Crippen LogP contribution is -2.45. The summed E-state index contributed by atoms with van der Waals surface area (Å²) in [5, 5.41) is 20.1. The Morgan fingerprint density at radius 3 is 2.40 bits per heavy atom. The maximum atomic E-state index is 10.7. The second-order valence-electron chi connectivity index (χ2n) is 6.00. The number of rotatable bonds is 6. The van der Waals surface area contributed by atoms with Gasteiger partial charge in [0.25, 0.3) is 0 Å². The second kappa shape index (κ2) is 7.48. The molecule has 1 aliphatic carbocycles. The van der Waals surface area contributed by atoms with Crippen LogP contribution in [-0.4, -0.2) is 27.7 Å². The van der Waals surface area contributed by atoms with Crippen molar-refractivity contribution in [1.29, 1.82) is 0 Å². The molecule has 0 amide bonds. The molecule has 1 saturated carbocycles. The van der Waals surface area contributed by atoms with Crippen LogP contribution in [0.3, 0.4) is 0 Å². The van der Waals surface area contributed by atoms with Gasteiger partial charge in [0.1, 0.15) is 0 Å². The van der Waals surface area contributed by atoms with Gasteiger partial charge in [0.05, 0.1) is 6.10 Å². The van der Waals surface area contributed by atoms with E-state index in [0.717, 1.165) is 18.6 Å². The molecule has 0 aromatic heterocycles. The molecular formula is C17H26O2S. The van der Waals surface area contributed by atoms with Crippen LogP contribution in [0.15, 0.2) is 30.3 Å². The van der Waals surface area contributed by atoms with Crippen LogP contribution >= 0.6 is 11.8 Å². The molecule has 0 spiro atoms. The van der Waals surface area contributed by atoms with Gasteiger partial charge in [0, 0.05) is 23.0 Å². The molecule has 0 bridgehead atoms. The third kappa shape index (κ3) is 3.78. The molecule has 0 unspecified atom stereocenters. The quantitative estimate of drug-likeness (QED) is 0.842. The fourth-order valence-electron chi connectivity index (χ4n) is 3.10. The normalized spacial score (nSPS) is 21.4. The molecule has 0 saturated heterocycles. The van der Waals surface area contributed by atoms with E-state index in [1.807, 2.05) is 24.8 Å².